The minimum absolute atomic E-state index is 0.0766. The van der Waals surface area contributed by atoms with Crippen LogP contribution in [-0.2, 0) is 14.3 Å². The van der Waals surface area contributed by atoms with Crippen LogP contribution in [-0.4, -0.2) is 53.2 Å². The zero-order valence-corrected chi connectivity index (χ0v) is 12.0. The van der Waals surface area contributed by atoms with Crippen molar-refractivity contribution in [1.29, 1.82) is 0 Å². The molecule has 1 aliphatic carbocycles. The number of ether oxygens (including phenoxy) is 1. The first-order valence-electron chi connectivity index (χ1n) is 7.29. The second-order valence-electron chi connectivity index (χ2n) is 6.02. The maximum absolute atomic E-state index is 12.4. The van der Waals surface area contributed by atoms with Crippen molar-refractivity contribution >= 4 is 11.8 Å². The Morgan fingerprint density at radius 3 is 2.55 bits per heavy atom. The van der Waals surface area contributed by atoms with E-state index in [0.717, 1.165) is 19.3 Å². The zero-order valence-electron chi connectivity index (χ0n) is 12.0. The lowest BCUT2D eigenvalue weighted by Crippen LogP contribution is -2.47. The molecule has 0 bridgehead atoms. The molecule has 6 nitrogen and oxygen atoms in total. The summed E-state index contributed by atoms with van der Waals surface area (Å²) in [5, 5.41) is 10.5. The molecule has 2 rings (SSSR count). The summed E-state index contributed by atoms with van der Waals surface area (Å²) in [5.41, 5.74) is 4.44. The van der Waals surface area contributed by atoms with E-state index in [1.165, 1.54) is 4.90 Å². The van der Waals surface area contributed by atoms with Crippen LogP contribution in [0.15, 0.2) is 0 Å². The molecule has 0 spiro atoms. The molecule has 0 aromatic carbocycles. The van der Waals surface area contributed by atoms with E-state index in [0.29, 0.717) is 25.8 Å². The van der Waals surface area contributed by atoms with E-state index in [1.807, 2.05) is 0 Å². The molecule has 114 valence electrons. The number of aliphatic hydroxyl groups is 1. The number of likely N-dealkylation sites (tertiary alicyclic amines) is 1. The number of hydrogen-bond acceptors (Lipinski definition) is 4. The van der Waals surface area contributed by atoms with Gasteiger partial charge in [-0.3, -0.25) is 9.59 Å². The molecule has 1 heterocycles. The first-order valence-corrected chi connectivity index (χ1v) is 7.29. The predicted molar refractivity (Wildman–Crippen MR) is 72.8 cm³/mol. The molecule has 2 fully saturated rings. The SMILES string of the molecule is CO[C@H]1C[C@@H](C(N)=O)N(C(=O)CC2(O)CCCCC2)C1. The number of hydrogen-bond donors (Lipinski definition) is 2. The Morgan fingerprint density at radius 1 is 1.35 bits per heavy atom. The number of nitrogens with two attached hydrogens (primary N) is 1. The fourth-order valence-corrected chi connectivity index (χ4v) is 3.28. The summed E-state index contributed by atoms with van der Waals surface area (Å²) in [6.45, 7) is 0.374. The number of rotatable bonds is 4. The Hall–Kier alpha value is -1.14. The first-order chi connectivity index (χ1) is 9.45. The quantitative estimate of drug-likeness (QED) is 0.770. The van der Waals surface area contributed by atoms with Gasteiger partial charge >= 0.3 is 0 Å². The summed E-state index contributed by atoms with van der Waals surface area (Å²) in [5.74, 6) is -0.703. The highest BCUT2D eigenvalue weighted by molar-refractivity contribution is 5.87. The Kier molecular flexibility index (Phi) is 4.65. The van der Waals surface area contributed by atoms with Crippen LogP contribution in [0.3, 0.4) is 0 Å². The van der Waals surface area contributed by atoms with Gasteiger partial charge < -0.3 is 20.5 Å². The average Bonchev–Trinajstić information content (AvgIpc) is 2.83. The van der Waals surface area contributed by atoms with Crippen LogP contribution in [0.4, 0.5) is 0 Å². The maximum Gasteiger partial charge on any atom is 0.240 e. The third-order valence-electron chi connectivity index (χ3n) is 4.51. The van der Waals surface area contributed by atoms with Crippen LogP contribution in [0.25, 0.3) is 0 Å². The fourth-order valence-electron chi connectivity index (χ4n) is 3.28. The zero-order chi connectivity index (χ0) is 14.8. The van der Waals surface area contributed by atoms with Crippen molar-refractivity contribution in [1.82, 2.24) is 4.90 Å². The molecule has 2 atom stereocenters. The molecule has 1 aliphatic heterocycles. The largest absolute Gasteiger partial charge is 0.389 e. The number of carbonyl (C=O) groups excluding carboxylic acids is 2. The molecule has 0 aromatic heterocycles. The lowest BCUT2D eigenvalue weighted by Gasteiger charge is -2.33. The van der Waals surface area contributed by atoms with Crippen LogP contribution in [0.1, 0.15) is 44.9 Å². The number of nitrogens with zero attached hydrogens (tertiary/aromatic N) is 1. The summed E-state index contributed by atoms with van der Waals surface area (Å²) in [4.78, 5) is 25.3. The van der Waals surface area contributed by atoms with Crippen molar-refractivity contribution < 1.29 is 19.4 Å². The van der Waals surface area contributed by atoms with Gasteiger partial charge in [-0.2, -0.15) is 0 Å². The minimum Gasteiger partial charge on any atom is -0.389 e. The highest BCUT2D eigenvalue weighted by Gasteiger charge is 2.41. The first kappa shape index (κ1) is 15.3. The van der Waals surface area contributed by atoms with Crippen molar-refractivity contribution in [2.45, 2.75) is 62.7 Å². The van der Waals surface area contributed by atoms with Crippen molar-refractivity contribution in [2.75, 3.05) is 13.7 Å². The van der Waals surface area contributed by atoms with Gasteiger partial charge in [0.2, 0.25) is 11.8 Å². The standard InChI is InChI=1S/C14H24N2O4/c1-20-10-7-11(13(15)18)16(9-10)12(17)8-14(19)5-3-2-4-6-14/h10-11,19H,2-9H2,1H3,(H2,15,18)/t10-,11-/m0/s1. The molecule has 0 radical (unpaired) electrons. The van der Waals surface area contributed by atoms with Gasteiger partial charge in [-0.15, -0.1) is 0 Å². The van der Waals surface area contributed by atoms with E-state index in [2.05, 4.69) is 0 Å². The average molecular weight is 284 g/mol. The van der Waals surface area contributed by atoms with Crippen LogP contribution in [0.5, 0.6) is 0 Å². The van der Waals surface area contributed by atoms with Crippen LogP contribution in [0.2, 0.25) is 0 Å². The molecule has 1 saturated carbocycles. The van der Waals surface area contributed by atoms with Gasteiger partial charge in [-0.25, -0.2) is 0 Å². The van der Waals surface area contributed by atoms with Gasteiger partial charge in [0, 0.05) is 20.1 Å². The van der Waals surface area contributed by atoms with E-state index in [1.54, 1.807) is 7.11 Å². The topological polar surface area (TPSA) is 92.9 Å². The van der Waals surface area contributed by atoms with Crippen LogP contribution >= 0.6 is 0 Å². The molecule has 2 amide bonds. The van der Waals surface area contributed by atoms with Crippen molar-refractivity contribution in [3.63, 3.8) is 0 Å². The number of amides is 2. The molecule has 3 N–H and O–H groups in total. The molecular formula is C14H24N2O4. The third kappa shape index (κ3) is 3.30. The van der Waals surface area contributed by atoms with Gasteiger partial charge in [0.05, 0.1) is 18.1 Å². The van der Waals surface area contributed by atoms with E-state index in [4.69, 9.17) is 10.5 Å². The third-order valence-corrected chi connectivity index (χ3v) is 4.51. The van der Waals surface area contributed by atoms with Crippen molar-refractivity contribution in [2.24, 2.45) is 5.73 Å². The van der Waals surface area contributed by atoms with Gasteiger partial charge in [0.1, 0.15) is 6.04 Å². The molecule has 2 aliphatic rings. The molecule has 6 heteroatoms. The van der Waals surface area contributed by atoms with Crippen LogP contribution < -0.4 is 5.73 Å². The van der Waals surface area contributed by atoms with Crippen LogP contribution in [0, 0.1) is 0 Å². The summed E-state index contributed by atoms with van der Waals surface area (Å²) in [6, 6.07) is -0.611. The predicted octanol–water partition coefficient (Wildman–Crippen LogP) is 0.173. The van der Waals surface area contributed by atoms with Gasteiger partial charge in [-0.05, 0) is 12.8 Å². The van der Waals surface area contributed by atoms with Crippen molar-refractivity contribution in [3.8, 4) is 0 Å². The monoisotopic (exact) mass is 284 g/mol. The Balaban J connectivity index is 2.01. The second-order valence-corrected chi connectivity index (χ2v) is 6.02. The maximum atomic E-state index is 12.4. The minimum atomic E-state index is -0.914. The number of primary amides is 1. The Labute approximate surface area is 119 Å². The number of methoxy groups -OCH3 is 1. The molecule has 0 aromatic rings. The molecule has 1 saturated heterocycles. The second kappa shape index (κ2) is 6.10. The summed E-state index contributed by atoms with van der Waals surface area (Å²) in [7, 11) is 1.56. The lowest BCUT2D eigenvalue weighted by atomic mass is 9.82. The van der Waals surface area contributed by atoms with E-state index >= 15 is 0 Å². The van der Waals surface area contributed by atoms with Gasteiger partial charge in [-0.1, -0.05) is 19.3 Å². The Morgan fingerprint density at radius 2 is 2.00 bits per heavy atom. The molecular weight excluding hydrogens is 260 g/mol. The Bertz CT molecular complexity index is 379. The van der Waals surface area contributed by atoms with E-state index in [-0.39, 0.29) is 18.4 Å². The molecule has 20 heavy (non-hydrogen) atoms. The fraction of sp³-hybridized carbons (Fsp3) is 0.857. The smallest absolute Gasteiger partial charge is 0.240 e. The normalized spacial score (nSPS) is 29.4. The van der Waals surface area contributed by atoms with Gasteiger partial charge in [0.25, 0.3) is 0 Å². The van der Waals surface area contributed by atoms with Gasteiger partial charge in [0.15, 0.2) is 0 Å². The van der Waals surface area contributed by atoms with E-state index in [9.17, 15) is 14.7 Å². The van der Waals surface area contributed by atoms with Crippen molar-refractivity contribution in [3.05, 3.63) is 0 Å². The summed E-state index contributed by atoms with van der Waals surface area (Å²) in [6.07, 6.45) is 4.67. The van der Waals surface area contributed by atoms with E-state index < -0.39 is 17.6 Å². The lowest BCUT2D eigenvalue weighted by molar-refractivity contribution is -0.142. The number of carbonyl (C=O) groups is 2. The summed E-state index contributed by atoms with van der Waals surface area (Å²) >= 11 is 0. The summed E-state index contributed by atoms with van der Waals surface area (Å²) < 4.78 is 5.22. The molecule has 0 unspecified atom stereocenters. The highest BCUT2D eigenvalue weighted by Crippen LogP contribution is 2.32. The highest BCUT2D eigenvalue weighted by atomic mass is 16.5.